The van der Waals surface area contributed by atoms with Gasteiger partial charge in [-0.3, -0.25) is 9.59 Å². The highest BCUT2D eigenvalue weighted by Crippen LogP contribution is 2.66. The van der Waals surface area contributed by atoms with Crippen molar-refractivity contribution in [1.29, 1.82) is 0 Å². The van der Waals surface area contributed by atoms with E-state index in [2.05, 4.69) is 13.8 Å². The third kappa shape index (κ3) is 1.43. The Bertz CT molecular complexity index is 544. The van der Waals surface area contributed by atoms with E-state index in [0.29, 0.717) is 5.56 Å². The Hall–Kier alpha value is -1.44. The molecule has 3 rings (SSSR count). The summed E-state index contributed by atoms with van der Waals surface area (Å²) in [4.78, 5) is 25.4. The first kappa shape index (κ1) is 12.6. The first-order chi connectivity index (χ1) is 8.89. The van der Waals surface area contributed by atoms with Crippen molar-refractivity contribution in [2.45, 2.75) is 33.6 Å². The number of rotatable bonds is 2. The van der Waals surface area contributed by atoms with E-state index in [0.717, 1.165) is 12.8 Å². The van der Waals surface area contributed by atoms with Gasteiger partial charge in [-0.1, -0.05) is 51.1 Å². The Labute approximate surface area is 114 Å². The SMILES string of the molecule is CC1(C)[C@@H]2CC[C@]1(C)C(=O)[C@H]2C(=O)c1ccccc1. The topological polar surface area (TPSA) is 34.1 Å². The molecule has 0 unspecified atom stereocenters. The second-order valence-corrected chi connectivity index (χ2v) is 6.77. The summed E-state index contributed by atoms with van der Waals surface area (Å²) in [6.07, 6.45) is 1.93. The maximum Gasteiger partial charge on any atom is 0.173 e. The van der Waals surface area contributed by atoms with Crippen molar-refractivity contribution in [1.82, 2.24) is 0 Å². The van der Waals surface area contributed by atoms with E-state index < -0.39 is 5.92 Å². The van der Waals surface area contributed by atoms with Gasteiger partial charge in [0.2, 0.25) is 0 Å². The lowest BCUT2D eigenvalue weighted by Crippen LogP contribution is -2.35. The fourth-order valence-corrected chi connectivity index (χ4v) is 4.17. The molecule has 2 aliphatic rings. The van der Waals surface area contributed by atoms with Gasteiger partial charge in [0, 0.05) is 11.0 Å². The van der Waals surface area contributed by atoms with Crippen LogP contribution in [0.15, 0.2) is 30.3 Å². The summed E-state index contributed by atoms with van der Waals surface area (Å²) in [6, 6.07) is 9.24. The summed E-state index contributed by atoms with van der Waals surface area (Å²) in [5.41, 5.74) is 0.305. The van der Waals surface area contributed by atoms with Crippen LogP contribution in [0, 0.1) is 22.7 Å². The molecule has 2 saturated carbocycles. The monoisotopic (exact) mass is 256 g/mol. The zero-order valence-electron chi connectivity index (χ0n) is 11.8. The van der Waals surface area contributed by atoms with Crippen LogP contribution < -0.4 is 0 Å². The smallest absolute Gasteiger partial charge is 0.173 e. The standard InChI is InChI=1S/C17H20O2/c1-16(2)12-9-10-17(16,3)15(19)13(12)14(18)11-7-5-4-6-8-11/h4-8,12-13H,9-10H2,1-3H3/t12-,13-,17-/m1/s1. The molecule has 0 aliphatic heterocycles. The number of hydrogen-bond acceptors (Lipinski definition) is 2. The van der Waals surface area contributed by atoms with Crippen LogP contribution in [0.1, 0.15) is 44.0 Å². The Morgan fingerprint density at radius 3 is 2.32 bits per heavy atom. The molecule has 0 heterocycles. The molecule has 0 aromatic heterocycles. The van der Waals surface area contributed by atoms with Crippen molar-refractivity contribution in [2.75, 3.05) is 0 Å². The minimum atomic E-state index is -0.420. The summed E-state index contributed by atoms with van der Waals surface area (Å²) in [6.45, 7) is 6.36. The molecule has 1 aromatic rings. The van der Waals surface area contributed by atoms with Gasteiger partial charge >= 0.3 is 0 Å². The van der Waals surface area contributed by atoms with Crippen molar-refractivity contribution in [3.8, 4) is 0 Å². The van der Waals surface area contributed by atoms with Crippen LogP contribution >= 0.6 is 0 Å². The van der Waals surface area contributed by atoms with Crippen molar-refractivity contribution < 1.29 is 9.59 Å². The molecule has 1 aromatic carbocycles. The molecule has 3 atom stereocenters. The highest BCUT2D eigenvalue weighted by Gasteiger charge is 2.67. The van der Waals surface area contributed by atoms with Crippen molar-refractivity contribution in [3.63, 3.8) is 0 Å². The molecule has 0 saturated heterocycles. The van der Waals surface area contributed by atoms with Crippen LogP contribution in [-0.2, 0) is 4.79 Å². The predicted molar refractivity (Wildman–Crippen MR) is 73.9 cm³/mol. The van der Waals surface area contributed by atoms with Gasteiger partial charge in [0.25, 0.3) is 0 Å². The molecule has 2 fully saturated rings. The van der Waals surface area contributed by atoms with Gasteiger partial charge in [-0.05, 0) is 24.2 Å². The molecule has 0 amide bonds. The summed E-state index contributed by atoms with van der Waals surface area (Å²) >= 11 is 0. The van der Waals surface area contributed by atoms with E-state index in [1.165, 1.54) is 0 Å². The lowest BCUT2D eigenvalue weighted by molar-refractivity contribution is -0.130. The van der Waals surface area contributed by atoms with Gasteiger partial charge in [0.05, 0.1) is 5.92 Å². The fraction of sp³-hybridized carbons (Fsp3) is 0.529. The normalized spacial score (nSPS) is 35.6. The summed E-state index contributed by atoms with van der Waals surface area (Å²) < 4.78 is 0. The van der Waals surface area contributed by atoms with E-state index in [-0.39, 0.29) is 28.3 Å². The van der Waals surface area contributed by atoms with Gasteiger partial charge in [-0.2, -0.15) is 0 Å². The van der Waals surface area contributed by atoms with Crippen LogP contribution in [-0.4, -0.2) is 11.6 Å². The van der Waals surface area contributed by atoms with E-state index in [1.807, 2.05) is 37.3 Å². The number of benzene rings is 1. The first-order valence-electron chi connectivity index (χ1n) is 7.03. The molecule has 2 heteroatoms. The molecule has 0 spiro atoms. The largest absolute Gasteiger partial charge is 0.298 e. The molecule has 0 radical (unpaired) electrons. The van der Waals surface area contributed by atoms with Crippen LogP contribution in [0.3, 0.4) is 0 Å². The van der Waals surface area contributed by atoms with Gasteiger partial charge < -0.3 is 0 Å². The van der Waals surface area contributed by atoms with Crippen molar-refractivity contribution >= 4 is 11.6 Å². The fourth-order valence-electron chi connectivity index (χ4n) is 4.17. The van der Waals surface area contributed by atoms with E-state index in [1.54, 1.807) is 0 Å². The molecule has 2 nitrogen and oxygen atoms in total. The number of hydrogen-bond donors (Lipinski definition) is 0. The zero-order valence-corrected chi connectivity index (χ0v) is 11.8. The Morgan fingerprint density at radius 2 is 1.79 bits per heavy atom. The van der Waals surface area contributed by atoms with Gasteiger partial charge in [0.1, 0.15) is 5.78 Å². The lowest BCUT2D eigenvalue weighted by Gasteiger charge is -2.32. The average Bonchev–Trinajstić information content (AvgIpc) is 2.71. The minimum Gasteiger partial charge on any atom is -0.298 e. The van der Waals surface area contributed by atoms with Gasteiger partial charge in [0.15, 0.2) is 5.78 Å². The maximum absolute atomic E-state index is 12.7. The highest BCUT2D eigenvalue weighted by molar-refractivity contribution is 6.14. The molecule has 2 aliphatic carbocycles. The molecule has 2 bridgehead atoms. The second kappa shape index (κ2) is 3.78. The number of carbonyl (C=O) groups is 2. The van der Waals surface area contributed by atoms with Crippen LogP contribution in [0.25, 0.3) is 0 Å². The predicted octanol–water partition coefficient (Wildman–Crippen LogP) is 3.51. The van der Waals surface area contributed by atoms with Gasteiger partial charge in [-0.25, -0.2) is 0 Å². The van der Waals surface area contributed by atoms with Crippen LogP contribution in [0.4, 0.5) is 0 Å². The molecular weight excluding hydrogens is 236 g/mol. The Morgan fingerprint density at radius 1 is 1.16 bits per heavy atom. The minimum absolute atomic E-state index is 0.0205. The second-order valence-electron chi connectivity index (χ2n) is 6.77. The average molecular weight is 256 g/mol. The quantitative estimate of drug-likeness (QED) is 0.599. The van der Waals surface area contributed by atoms with E-state index in [9.17, 15) is 9.59 Å². The van der Waals surface area contributed by atoms with E-state index >= 15 is 0 Å². The lowest BCUT2D eigenvalue weighted by atomic mass is 9.70. The molecular formula is C17H20O2. The number of carbonyl (C=O) groups excluding carboxylic acids is 2. The molecule has 0 N–H and O–H groups in total. The van der Waals surface area contributed by atoms with Crippen LogP contribution in [0.5, 0.6) is 0 Å². The summed E-state index contributed by atoms with van der Waals surface area (Å²) in [5, 5.41) is 0. The number of ketones is 2. The maximum atomic E-state index is 12.7. The van der Waals surface area contributed by atoms with E-state index in [4.69, 9.17) is 0 Å². The Kier molecular flexibility index (Phi) is 2.51. The van der Waals surface area contributed by atoms with Crippen molar-refractivity contribution in [2.24, 2.45) is 22.7 Å². The van der Waals surface area contributed by atoms with Crippen LogP contribution in [0.2, 0.25) is 0 Å². The highest BCUT2D eigenvalue weighted by atomic mass is 16.2. The first-order valence-corrected chi connectivity index (χ1v) is 7.03. The number of Topliss-reactive ketones (excluding diaryl/α,β-unsaturated/α-hetero) is 2. The molecule has 19 heavy (non-hydrogen) atoms. The summed E-state index contributed by atoms with van der Waals surface area (Å²) in [5.74, 6) is -0.0245. The third-order valence-electron chi connectivity index (χ3n) is 5.87. The van der Waals surface area contributed by atoms with Gasteiger partial charge in [-0.15, -0.1) is 0 Å². The number of fused-ring (bicyclic) bond motifs is 2. The third-order valence-corrected chi connectivity index (χ3v) is 5.87. The summed E-state index contributed by atoms with van der Waals surface area (Å²) in [7, 11) is 0. The molecule has 100 valence electrons. The van der Waals surface area contributed by atoms with Crippen molar-refractivity contribution in [3.05, 3.63) is 35.9 Å². The Balaban J connectivity index is 2.01. The zero-order chi connectivity index (χ0) is 13.8.